The molecule has 1 amide bonds. The van der Waals surface area contributed by atoms with Gasteiger partial charge in [-0.3, -0.25) is 9.48 Å². The van der Waals surface area contributed by atoms with Crippen molar-refractivity contribution < 1.29 is 9.53 Å². The highest BCUT2D eigenvalue weighted by atomic mass is 35.5. The lowest BCUT2D eigenvalue weighted by Crippen LogP contribution is -2.28. The van der Waals surface area contributed by atoms with Gasteiger partial charge in [0.1, 0.15) is 5.75 Å². The van der Waals surface area contributed by atoms with Gasteiger partial charge in [-0.25, -0.2) is 0 Å². The second-order valence-corrected chi connectivity index (χ2v) is 7.03. The van der Waals surface area contributed by atoms with Crippen molar-refractivity contribution in [2.24, 2.45) is 13.0 Å². The van der Waals surface area contributed by atoms with E-state index in [0.29, 0.717) is 23.0 Å². The fourth-order valence-electron chi connectivity index (χ4n) is 3.10. The van der Waals surface area contributed by atoms with E-state index in [1.165, 1.54) is 0 Å². The summed E-state index contributed by atoms with van der Waals surface area (Å²) < 4.78 is 7.38. The monoisotopic (exact) mass is 398 g/mol. The molecule has 0 unspecified atom stereocenters. The maximum Gasteiger partial charge on any atom is 0.229 e. The molecule has 0 bridgehead atoms. The number of hydrogen-bond acceptors (Lipinski definition) is 4. The zero-order valence-corrected chi connectivity index (χ0v) is 16.6. The summed E-state index contributed by atoms with van der Waals surface area (Å²) in [5.41, 5.74) is 1.74. The highest BCUT2D eigenvalue weighted by molar-refractivity contribution is 6.32. The predicted octanol–water partition coefficient (Wildman–Crippen LogP) is 3.22. The molecule has 2 N–H and O–H groups in total. The van der Waals surface area contributed by atoms with Crippen molar-refractivity contribution in [3.8, 4) is 5.75 Å². The van der Waals surface area contributed by atoms with Crippen molar-refractivity contribution in [3.63, 3.8) is 0 Å². The van der Waals surface area contributed by atoms with Gasteiger partial charge in [0.25, 0.3) is 0 Å². The summed E-state index contributed by atoms with van der Waals surface area (Å²) in [6.07, 6.45) is 3.84. The van der Waals surface area contributed by atoms with E-state index in [2.05, 4.69) is 15.7 Å². The van der Waals surface area contributed by atoms with Gasteiger partial charge in [-0.1, -0.05) is 11.6 Å². The first-order valence-corrected chi connectivity index (χ1v) is 8.78. The molecule has 3 rings (SSSR count). The number of hydrogen-bond donors (Lipinski definition) is 2. The van der Waals surface area contributed by atoms with Crippen LogP contribution < -0.4 is 15.4 Å². The normalized spacial score (nSPS) is 19.3. The third-order valence-electron chi connectivity index (χ3n) is 4.27. The Morgan fingerprint density at radius 2 is 2.19 bits per heavy atom. The average Bonchev–Trinajstić information content (AvgIpc) is 3.18. The van der Waals surface area contributed by atoms with Crippen LogP contribution in [0.15, 0.2) is 30.6 Å². The lowest BCUT2D eigenvalue weighted by molar-refractivity contribution is -0.119. The van der Waals surface area contributed by atoms with Crippen molar-refractivity contribution >= 4 is 35.6 Å². The molecule has 2 atom stereocenters. The molecule has 26 heavy (non-hydrogen) atoms. The van der Waals surface area contributed by atoms with Gasteiger partial charge in [-0.15, -0.1) is 12.4 Å². The molecule has 8 heteroatoms. The van der Waals surface area contributed by atoms with Gasteiger partial charge in [-0.05, 0) is 37.6 Å². The molecule has 1 aromatic heterocycles. The minimum atomic E-state index is -0.144. The first-order chi connectivity index (χ1) is 11.9. The predicted molar refractivity (Wildman–Crippen MR) is 105 cm³/mol. The number of amides is 1. The number of carbonyl (C=O) groups is 1. The van der Waals surface area contributed by atoms with Gasteiger partial charge in [-0.2, -0.15) is 5.10 Å². The molecule has 0 aliphatic carbocycles. The molecule has 0 saturated carbocycles. The molecule has 142 valence electrons. The second-order valence-electron chi connectivity index (χ2n) is 6.62. The Kier molecular flexibility index (Phi) is 6.92. The minimum absolute atomic E-state index is 0. The summed E-state index contributed by atoms with van der Waals surface area (Å²) in [6.45, 7) is 5.30. The summed E-state index contributed by atoms with van der Waals surface area (Å²) in [5.74, 6) is 0.570. The summed E-state index contributed by atoms with van der Waals surface area (Å²) >= 11 is 6.24. The van der Waals surface area contributed by atoms with Crippen LogP contribution >= 0.6 is 24.0 Å². The Labute approximate surface area is 164 Å². The van der Waals surface area contributed by atoms with Crippen LogP contribution in [0, 0.1) is 5.92 Å². The minimum Gasteiger partial charge on any atom is -0.489 e. The number of benzene rings is 1. The summed E-state index contributed by atoms with van der Waals surface area (Å²) in [5, 5.41) is 11.0. The standard InChI is InChI=1S/C18H23ClN4O2.ClH/c1-11(2)25-17-5-4-13(6-16(17)19)22-18(24)15-9-20-8-14(15)12-7-21-23(3)10-12;/h4-7,10-11,14-15,20H,8-9H2,1-3H3,(H,22,24);1H/t14-,15+;/m1./s1. The van der Waals surface area contributed by atoms with E-state index in [9.17, 15) is 4.79 Å². The third kappa shape index (κ3) is 4.69. The lowest BCUT2D eigenvalue weighted by Gasteiger charge is -2.18. The van der Waals surface area contributed by atoms with E-state index in [1.54, 1.807) is 16.8 Å². The molecule has 1 fully saturated rings. The van der Waals surface area contributed by atoms with E-state index in [0.717, 1.165) is 12.1 Å². The van der Waals surface area contributed by atoms with Crippen LogP contribution in [0.5, 0.6) is 5.75 Å². The van der Waals surface area contributed by atoms with Gasteiger partial charge in [0.05, 0.1) is 23.2 Å². The molecular weight excluding hydrogens is 375 g/mol. The van der Waals surface area contributed by atoms with Crippen LogP contribution in [0.25, 0.3) is 0 Å². The van der Waals surface area contributed by atoms with Crippen molar-refractivity contribution in [2.45, 2.75) is 25.9 Å². The van der Waals surface area contributed by atoms with E-state index < -0.39 is 0 Å². The van der Waals surface area contributed by atoms with Gasteiger partial charge in [0.15, 0.2) is 0 Å². The molecule has 0 radical (unpaired) electrons. The number of anilines is 1. The highest BCUT2D eigenvalue weighted by Gasteiger charge is 2.34. The Morgan fingerprint density at radius 1 is 1.42 bits per heavy atom. The summed E-state index contributed by atoms with van der Waals surface area (Å²) in [6, 6.07) is 5.31. The Morgan fingerprint density at radius 3 is 2.81 bits per heavy atom. The number of carbonyl (C=O) groups excluding carboxylic acids is 1. The van der Waals surface area contributed by atoms with Crippen LogP contribution in [-0.2, 0) is 11.8 Å². The molecule has 1 saturated heterocycles. The van der Waals surface area contributed by atoms with Crippen LogP contribution in [0.2, 0.25) is 5.02 Å². The fourth-order valence-corrected chi connectivity index (χ4v) is 3.32. The van der Waals surface area contributed by atoms with E-state index >= 15 is 0 Å². The fraction of sp³-hybridized carbons (Fsp3) is 0.444. The quantitative estimate of drug-likeness (QED) is 0.810. The molecule has 1 aliphatic heterocycles. The number of ether oxygens (including phenoxy) is 1. The largest absolute Gasteiger partial charge is 0.489 e. The van der Waals surface area contributed by atoms with E-state index in [1.807, 2.05) is 39.4 Å². The van der Waals surface area contributed by atoms with Crippen molar-refractivity contribution in [1.29, 1.82) is 0 Å². The number of aromatic nitrogens is 2. The van der Waals surface area contributed by atoms with Gasteiger partial charge < -0.3 is 15.4 Å². The molecule has 6 nitrogen and oxygen atoms in total. The SMILES string of the molecule is CC(C)Oc1ccc(NC(=O)[C@H]2CNC[C@@H]2c2cnn(C)c2)cc1Cl.Cl. The smallest absolute Gasteiger partial charge is 0.229 e. The summed E-state index contributed by atoms with van der Waals surface area (Å²) in [4.78, 5) is 12.7. The van der Waals surface area contributed by atoms with Gasteiger partial charge >= 0.3 is 0 Å². The van der Waals surface area contributed by atoms with Crippen LogP contribution in [0.4, 0.5) is 5.69 Å². The summed E-state index contributed by atoms with van der Waals surface area (Å²) in [7, 11) is 1.88. The van der Waals surface area contributed by atoms with Crippen molar-refractivity contribution in [1.82, 2.24) is 15.1 Å². The lowest BCUT2D eigenvalue weighted by atomic mass is 9.90. The first kappa shape index (κ1) is 20.6. The molecule has 1 aromatic carbocycles. The van der Waals surface area contributed by atoms with Crippen LogP contribution in [0.1, 0.15) is 25.3 Å². The second kappa shape index (κ2) is 8.75. The van der Waals surface area contributed by atoms with Crippen LogP contribution in [-0.4, -0.2) is 34.9 Å². The molecule has 1 aliphatic rings. The Hall–Kier alpha value is -1.76. The van der Waals surface area contributed by atoms with E-state index in [4.69, 9.17) is 16.3 Å². The van der Waals surface area contributed by atoms with Crippen molar-refractivity contribution in [3.05, 3.63) is 41.2 Å². The Balaban J connectivity index is 0.00000243. The maximum atomic E-state index is 12.7. The molecule has 2 heterocycles. The van der Waals surface area contributed by atoms with Gasteiger partial charge in [0.2, 0.25) is 5.91 Å². The van der Waals surface area contributed by atoms with Gasteiger partial charge in [0, 0.05) is 37.9 Å². The van der Waals surface area contributed by atoms with Crippen LogP contribution in [0.3, 0.4) is 0 Å². The average molecular weight is 399 g/mol. The van der Waals surface area contributed by atoms with Crippen molar-refractivity contribution in [2.75, 3.05) is 18.4 Å². The van der Waals surface area contributed by atoms with E-state index in [-0.39, 0.29) is 36.3 Å². The number of nitrogens with zero attached hydrogens (tertiary/aromatic N) is 2. The third-order valence-corrected chi connectivity index (χ3v) is 4.56. The first-order valence-electron chi connectivity index (χ1n) is 8.40. The zero-order chi connectivity index (χ0) is 18.0. The zero-order valence-electron chi connectivity index (χ0n) is 15.0. The molecule has 0 spiro atoms. The Bertz CT molecular complexity index is 763. The topological polar surface area (TPSA) is 68.2 Å². The maximum absolute atomic E-state index is 12.7. The number of aryl methyl sites for hydroxylation is 1. The molecule has 2 aromatic rings. The highest BCUT2D eigenvalue weighted by Crippen LogP contribution is 2.31. The number of halogens is 2. The molecular formula is C18H24Cl2N4O2. The number of rotatable bonds is 5. The number of nitrogens with one attached hydrogen (secondary N) is 2.